The highest BCUT2D eigenvalue weighted by molar-refractivity contribution is 6.29. The molecule has 0 aromatic heterocycles. The molecule has 1 aliphatic heterocycles. The fraction of sp³-hybridized carbons (Fsp3) is 0. The minimum absolute atomic E-state index is 0.165. The van der Waals surface area contributed by atoms with Crippen molar-refractivity contribution in [1.82, 2.24) is 0 Å². The van der Waals surface area contributed by atoms with Crippen molar-refractivity contribution in [3.05, 3.63) is 89.0 Å². The van der Waals surface area contributed by atoms with Crippen LogP contribution in [0.5, 0.6) is 0 Å². The molecular formula is C20H13NO. The van der Waals surface area contributed by atoms with Crippen LogP contribution in [0.3, 0.4) is 0 Å². The zero-order valence-electron chi connectivity index (χ0n) is 11.9. The third kappa shape index (κ3) is 2.15. The number of amides is 1. The molecule has 0 atom stereocenters. The Balaban J connectivity index is 1.71. The van der Waals surface area contributed by atoms with Gasteiger partial charge in [0.2, 0.25) is 0 Å². The molecule has 0 unspecified atom stereocenters. The van der Waals surface area contributed by atoms with Gasteiger partial charge in [-0.05, 0) is 40.5 Å². The van der Waals surface area contributed by atoms with Crippen molar-refractivity contribution < 1.29 is 4.79 Å². The Morgan fingerprint density at radius 2 is 1.55 bits per heavy atom. The predicted molar refractivity (Wildman–Crippen MR) is 90.3 cm³/mol. The standard InChI is InChI=1S/C20H13NO/c22-20-19-12-15-8-4-5-9-17(15)18(19)13-16(21-20)11-10-14-6-2-1-3-7-14/h1-13H. The maximum Gasteiger partial charge on any atom is 0.278 e. The molecule has 2 aromatic carbocycles. The molecule has 2 aliphatic rings. The average Bonchev–Trinajstić information content (AvgIpc) is 2.94. The number of benzene rings is 2. The fourth-order valence-corrected chi connectivity index (χ4v) is 2.77. The van der Waals surface area contributed by atoms with Gasteiger partial charge >= 0.3 is 0 Å². The molecule has 1 heterocycles. The van der Waals surface area contributed by atoms with Gasteiger partial charge in [-0.1, -0.05) is 60.7 Å². The van der Waals surface area contributed by atoms with Crippen molar-refractivity contribution in [1.29, 1.82) is 0 Å². The molecule has 0 fully saturated rings. The van der Waals surface area contributed by atoms with Gasteiger partial charge in [-0.2, -0.15) is 0 Å². The van der Waals surface area contributed by atoms with Crippen LogP contribution >= 0.6 is 0 Å². The SMILES string of the molecule is O=C1N=C(C=Cc2ccccc2)C=C2C1=Cc1ccccc12. The van der Waals surface area contributed by atoms with Crippen molar-refractivity contribution in [2.45, 2.75) is 0 Å². The molecule has 104 valence electrons. The summed E-state index contributed by atoms with van der Waals surface area (Å²) in [6.45, 7) is 0. The van der Waals surface area contributed by atoms with Gasteiger partial charge in [0.05, 0.1) is 11.3 Å². The van der Waals surface area contributed by atoms with E-state index in [1.807, 2.05) is 78.9 Å². The Morgan fingerprint density at radius 1 is 0.773 bits per heavy atom. The van der Waals surface area contributed by atoms with E-state index in [4.69, 9.17) is 0 Å². The van der Waals surface area contributed by atoms with E-state index >= 15 is 0 Å². The Bertz CT molecular complexity index is 883. The van der Waals surface area contributed by atoms with Gasteiger partial charge in [0.15, 0.2) is 0 Å². The molecule has 22 heavy (non-hydrogen) atoms. The number of fused-ring (bicyclic) bond motifs is 3. The second-order valence-electron chi connectivity index (χ2n) is 5.29. The predicted octanol–water partition coefficient (Wildman–Crippen LogP) is 4.16. The summed E-state index contributed by atoms with van der Waals surface area (Å²) in [5.41, 5.74) is 5.63. The molecule has 1 amide bonds. The summed E-state index contributed by atoms with van der Waals surface area (Å²) < 4.78 is 0. The minimum Gasteiger partial charge on any atom is -0.267 e. The van der Waals surface area contributed by atoms with Gasteiger partial charge in [0.1, 0.15) is 0 Å². The smallest absolute Gasteiger partial charge is 0.267 e. The number of carbonyl (C=O) groups excluding carboxylic acids is 1. The van der Waals surface area contributed by atoms with Crippen LogP contribution in [0.2, 0.25) is 0 Å². The molecule has 0 bridgehead atoms. The lowest BCUT2D eigenvalue weighted by Crippen LogP contribution is -2.08. The molecule has 0 saturated heterocycles. The number of dihydropyridines is 1. The maximum absolute atomic E-state index is 12.2. The van der Waals surface area contributed by atoms with Gasteiger partial charge in [0.25, 0.3) is 5.91 Å². The third-order valence-corrected chi connectivity index (χ3v) is 3.84. The van der Waals surface area contributed by atoms with E-state index in [1.165, 1.54) is 0 Å². The van der Waals surface area contributed by atoms with Crippen molar-refractivity contribution in [2.75, 3.05) is 0 Å². The zero-order chi connectivity index (χ0) is 14.9. The molecule has 4 rings (SSSR count). The summed E-state index contributed by atoms with van der Waals surface area (Å²) in [6, 6.07) is 18.0. The number of hydrogen-bond donors (Lipinski definition) is 0. The number of nitrogens with zero attached hydrogens (tertiary/aromatic N) is 1. The fourth-order valence-electron chi connectivity index (χ4n) is 2.77. The van der Waals surface area contributed by atoms with Crippen molar-refractivity contribution in [3.8, 4) is 0 Å². The Labute approximate surface area is 128 Å². The molecule has 1 aliphatic carbocycles. The number of carbonyl (C=O) groups is 1. The molecule has 0 spiro atoms. The molecule has 0 N–H and O–H groups in total. The highest BCUT2D eigenvalue weighted by atomic mass is 16.1. The first-order valence-corrected chi connectivity index (χ1v) is 7.20. The van der Waals surface area contributed by atoms with Crippen LogP contribution in [0, 0.1) is 0 Å². The van der Waals surface area contributed by atoms with E-state index in [9.17, 15) is 4.79 Å². The van der Waals surface area contributed by atoms with Crippen LogP contribution in [-0.4, -0.2) is 11.6 Å². The molecule has 0 saturated carbocycles. The van der Waals surface area contributed by atoms with Gasteiger partial charge < -0.3 is 0 Å². The second kappa shape index (κ2) is 5.08. The van der Waals surface area contributed by atoms with Crippen LogP contribution in [0.1, 0.15) is 16.7 Å². The van der Waals surface area contributed by atoms with E-state index in [0.717, 1.165) is 22.3 Å². The van der Waals surface area contributed by atoms with Gasteiger partial charge in [0, 0.05) is 0 Å². The van der Waals surface area contributed by atoms with Crippen molar-refractivity contribution in [2.24, 2.45) is 4.99 Å². The summed E-state index contributed by atoms with van der Waals surface area (Å²) >= 11 is 0. The lowest BCUT2D eigenvalue weighted by Gasteiger charge is -2.10. The summed E-state index contributed by atoms with van der Waals surface area (Å²) in [6.07, 6.45) is 7.76. The summed E-state index contributed by atoms with van der Waals surface area (Å²) in [7, 11) is 0. The zero-order valence-corrected chi connectivity index (χ0v) is 11.9. The van der Waals surface area contributed by atoms with Crippen LogP contribution in [0.25, 0.3) is 17.7 Å². The van der Waals surface area contributed by atoms with Crippen molar-refractivity contribution >= 4 is 29.3 Å². The maximum atomic E-state index is 12.2. The molecule has 2 nitrogen and oxygen atoms in total. The largest absolute Gasteiger partial charge is 0.278 e. The van der Waals surface area contributed by atoms with E-state index in [-0.39, 0.29) is 5.91 Å². The van der Waals surface area contributed by atoms with Crippen LogP contribution in [0.4, 0.5) is 0 Å². The van der Waals surface area contributed by atoms with Gasteiger partial charge in [-0.25, -0.2) is 4.99 Å². The first kappa shape index (κ1) is 12.7. The normalized spacial score (nSPS) is 16.0. The molecule has 0 radical (unpaired) electrons. The lowest BCUT2D eigenvalue weighted by molar-refractivity contribution is -0.113. The van der Waals surface area contributed by atoms with E-state index in [2.05, 4.69) is 4.99 Å². The van der Waals surface area contributed by atoms with E-state index in [1.54, 1.807) is 0 Å². The summed E-state index contributed by atoms with van der Waals surface area (Å²) in [4.78, 5) is 16.4. The first-order chi connectivity index (χ1) is 10.8. The number of allylic oxidation sites excluding steroid dienone is 2. The quantitative estimate of drug-likeness (QED) is 0.813. The van der Waals surface area contributed by atoms with Crippen LogP contribution < -0.4 is 0 Å². The number of rotatable bonds is 2. The minimum atomic E-state index is -0.165. The molecular weight excluding hydrogens is 270 g/mol. The monoisotopic (exact) mass is 283 g/mol. The van der Waals surface area contributed by atoms with E-state index in [0.29, 0.717) is 11.3 Å². The Hall–Kier alpha value is -3.00. The molecule has 2 aromatic rings. The van der Waals surface area contributed by atoms with Crippen LogP contribution in [-0.2, 0) is 4.79 Å². The number of aliphatic imine (C=N–C) groups is 1. The average molecular weight is 283 g/mol. The van der Waals surface area contributed by atoms with Crippen LogP contribution in [0.15, 0.2) is 77.3 Å². The van der Waals surface area contributed by atoms with Gasteiger partial charge in [-0.15, -0.1) is 0 Å². The van der Waals surface area contributed by atoms with E-state index < -0.39 is 0 Å². The second-order valence-corrected chi connectivity index (χ2v) is 5.29. The topological polar surface area (TPSA) is 29.4 Å². The number of hydrogen-bond acceptors (Lipinski definition) is 1. The lowest BCUT2D eigenvalue weighted by atomic mass is 9.98. The highest BCUT2D eigenvalue weighted by Crippen LogP contribution is 2.37. The first-order valence-electron chi connectivity index (χ1n) is 7.20. The molecule has 2 heteroatoms. The highest BCUT2D eigenvalue weighted by Gasteiger charge is 2.26. The third-order valence-electron chi connectivity index (χ3n) is 3.84. The Kier molecular flexibility index (Phi) is 2.94. The van der Waals surface area contributed by atoms with Gasteiger partial charge in [-0.3, -0.25) is 4.79 Å². The summed E-state index contributed by atoms with van der Waals surface area (Å²) in [5, 5.41) is 0. The van der Waals surface area contributed by atoms with Crippen molar-refractivity contribution in [3.63, 3.8) is 0 Å². The Morgan fingerprint density at radius 3 is 2.41 bits per heavy atom. The summed E-state index contributed by atoms with van der Waals surface area (Å²) in [5.74, 6) is -0.165.